The van der Waals surface area contributed by atoms with E-state index in [0.29, 0.717) is 44.9 Å². The van der Waals surface area contributed by atoms with Crippen molar-refractivity contribution in [3.8, 4) is 5.75 Å². The van der Waals surface area contributed by atoms with E-state index in [1.807, 2.05) is 60.8 Å². The van der Waals surface area contributed by atoms with Gasteiger partial charge in [0.2, 0.25) is 11.8 Å². The van der Waals surface area contributed by atoms with E-state index >= 15 is 0 Å². The molecular weight excluding hydrogens is 486 g/mol. The number of nitrogens with zero attached hydrogens (tertiary/aromatic N) is 1. The van der Waals surface area contributed by atoms with E-state index in [1.165, 1.54) is 0 Å². The van der Waals surface area contributed by atoms with Gasteiger partial charge in [-0.15, -0.1) is 0 Å². The Labute approximate surface area is 222 Å². The second kappa shape index (κ2) is 13.6. The number of amides is 2. The number of para-hydroxylation sites is 2. The summed E-state index contributed by atoms with van der Waals surface area (Å²) in [5.74, 6) is -1.18. The van der Waals surface area contributed by atoms with E-state index in [2.05, 4.69) is 15.2 Å². The lowest BCUT2D eigenvalue weighted by atomic mass is 9.98. The molecule has 1 unspecified atom stereocenters. The molecule has 2 aromatic carbocycles. The van der Waals surface area contributed by atoms with Gasteiger partial charge in [0.15, 0.2) is 0 Å². The molecule has 2 amide bonds. The predicted molar refractivity (Wildman–Crippen MR) is 143 cm³/mol. The maximum Gasteiger partial charge on any atom is 0.306 e. The highest BCUT2D eigenvalue weighted by atomic mass is 16.5. The van der Waals surface area contributed by atoms with Gasteiger partial charge in [-0.05, 0) is 37.1 Å². The Kier molecular flexibility index (Phi) is 9.75. The van der Waals surface area contributed by atoms with Gasteiger partial charge in [-0.3, -0.25) is 14.4 Å². The van der Waals surface area contributed by atoms with Crippen molar-refractivity contribution in [2.45, 2.75) is 38.8 Å². The van der Waals surface area contributed by atoms with Crippen LogP contribution in [0.2, 0.25) is 0 Å². The van der Waals surface area contributed by atoms with Gasteiger partial charge in [-0.25, -0.2) is 0 Å². The highest BCUT2D eigenvalue weighted by Gasteiger charge is 2.29. The van der Waals surface area contributed by atoms with Crippen LogP contribution in [-0.2, 0) is 36.8 Å². The molecule has 0 spiro atoms. The minimum Gasteiger partial charge on any atom is -0.494 e. The first-order valence-electron chi connectivity index (χ1n) is 13.1. The molecule has 2 bridgehead atoms. The number of hydrogen-bond donors (Lipinski definition) is 2. The minimum absolute atomic E-state index is 0.0979. The van der Waals surface area contributed by atoms with Gasteiger partial charge in [0.25, 0.3) is 0 Å². The van der Waals surface area contributed by atoms with E-state index in [0.717, 1.165) is 16.5 Å². The van der Waals surface area contributed by atoms with E-state index < -0.39 is 17.9 Å². The summed E-state index contributed by atoms with van der Waals surface area (Å²) in [4.78, 5) is 38.9. The summed E-state index contributed by atoms with van der Waals surface area (Å²) in [6, 6.07) is 16.4. The molecule has 2 heterocycles. The van der Waals surface area contributed by atoms with E-state index in [9.17, 15) is 14.4 Å². The first-order valence-corrected chi connectivity index (χ1v) is 13.1. The Hall–Kier alpha value is -3.85. The van der Waals surface area contributed by atoms with Gasteiger partial charge in [0.1, 0.15) is 11.8 Å². The van der Waals surface area contributed by atoms with Gasteiger partial charge in [-0.2, -0.15) is 0 Å². The monoisotopic (exact) mass is 521 g/mol. The quantitative estimate of drug-likeness (QED) is 0.420. The first kappa shape index (κ1) is 27.2. The maximum atomic E-state index is 13.5. The Morgan fingerprint density at radius 3 is 2.74 bits per heavy atom. The van der Waals surface area contributed by atoms with Gasteiger partial charge < -0.3 is 29.4 Å². The number of fused-ring (bicyclic) bond motifs is 5. The number of ether oxygens (including phenoxy) is 3. The van der Waals surface area contributed by atoms with Crippen LogP contribution in [0.15, 0.2) is 60.8 Å². The number of carbonyl (C=O) groups is 3. The molecule has 2 atom stereocenters. The number of aromatic nitrogens is 1. The second-order valence-electron chi connectivity index (χ2n) is 9.19. The Morgan fingerprint density at radius 1 is 1.13 bits per heavy atom. The van der Waals surface area contributed by atoms with Crippen molar-refractivity contribution in [1.82, 2.24) is 15.2 Å². The van der Waals surface area contributed by atoms with Crippen molar-refractivity contribution >= 4 is 28.7 Å². The van der Waals surface area contributed by atoms with Gasteiger partial charge >= 0.3 is 5.97 Å². The maximum absolute atomic E-state index is 13.5. The standard InChI is InChI=1S/C29H35N3O6/c1-2-37-27(33)19-21(12-15-38-23-8-4-3-5-9-23)28(34)31-25-18-22-20-32(26-11-7-6-10-24(22)26)14-17-36-16-13-30-29(25)35/h3-11,20-21,25H,2,12-19H2,1H3,(H,30,35)(H,31,34)/t21-,25?/m1/s1. The first-order chi connectivity index (χ1) is 18.5. The lowest BCUT2D eigenvalue weighted by Crippen LogP contribution is -2.50. The van der Waals surface area contributed by atoms with Gasteiger partial charge in [-0.1, -0.05) is 36.4 Å². The van der Waals surface area contributed by atoms with Gasteiger partial charge in [0, 0.05) is 36.6 Å². The summed E-state index contributed by atoms with van der Waals surface area (Å²) in [6.45, 7) is 4.13. The molecular formula is C29H35N3O6. The van der Waals surface area contributed by atoms with E-state index in [1.54, 1.807) is 6.92 Å². The summed E-state index contributed by atoms with van der Waals surface area (Å²) in [6.07, 6.45) is 2.53. The second-order valence-corrected chi connectivity index (χ2v) is 9.19. The molecule has 202 valence electrons. The van der Waals surface area contributed by atoms with Crippen LogP contribution in [0.1, 0.15) is 25.3 Å². The fourth-order valence-electron chi connectivity index (χ4n) is 4.61. The number of rotatable bonds is 9. The molecule has 0 radical (unpaired) electrons. The number of esters is 1. The third-order valence-corrected chi connectivity index (χ3v) is 6.52. The van der Waals surface area contributed by atoms with Crippen LogP contribution in [-0.4, -0.2) is 61.4 Å². The zero-order chi connectivity index (χ0) is 26.7. The Morgan fingerprint density at radius 2 is 1.92 bits per heavy atom. The van der Waals surface area contributed by atoms with Crippen molar-refractivity contribution in [2.24, 2.45) is 5.92 Å². The molecule has 38 heavy (non-hydrogen) atoms. The SMILES string of the molecule is CCOC(=O)C[C@@H](CCOc1ccccc1)C(=O)NC1Cc2cn(c3ccccc23)CCOCCNC1=O. The normalized spacial score (nSPS) is 17.0. The van der Waals surface area contributed by atoms with Crippen molar-refractivity contribution in [3.05, 3.63) is 66.4 Å². The van der Waals surface area contributed by atoms with Crippen molar-refractivity contribution < 1.29 is 28.6 Å². The van der Waals surface area contributed by atoms with Gasteiger partial charge in [0.05, 0.1) is 38.8 Å². The topological polar surface area (TPSA) is 108 Å². The number of nitrogens with one attached hydrogen (secondary N) is 2. The largest absolute Gasteiger partial charge is 0.494 e. The summed E-state index contributed by atoms with van der Waals surface area (Å²) in [7, 11) is 0. The van der Waals surface area contributed by atoms with Crippen LogP contribution >= 0.6 is 0 Å². The highest BCUT2D eigenvalue weighted by Crippen LogP contribution is 2.23. The van der Waals surface area contributed by atoms with Crippen LogP contribution in [0.5, 0.6) is 5.75 Å². The highest BCUT2D eigenvalue weighted by molar-refractivity contribution is 5.91. The van der Waals surface area contributed by atoms with Crippen LogP contribution in [0.3, 0.4) is 0 Å². The summed E-state index contributed by atoms with van der Waals surface area (Å²) < 4.78 is 18.7. The third-order valence-electron chi connectivity index (χ3n) is 6.52. The average Bonchev–Trinajstić information content (AvgIpc) is 3.27. The molecule has 0 saturated heterocycles. The Balaban J connectivity index is 1.52. The van der Waals surface area contributed by atoms with Crippen molar-refractivity contribution in [2.75, 3.05) is 33.0 Å². The van der Waals surface area contributed by atoms with E-state index in [-0.39, 0.29) is 31.4 Å². The minimum atomic E-state index is -0.819. The van der Waals surface area contributed by atoms with Crippen molar-refractivity contribution in [1.29, 1.82) is 0 Å². The zero-order valence-electron chi connectivity index (χ0n) is 21.7. The lowest BCUT2D eigenvalue weighted by molar-refractivity contribution is -0.146. The molecule has 3 aromatic rings. The number of benzene rings is 2. The summed E-state index contributed by atoms with van der Waals surface area (Å²) in [5, 5.41) is 6.81. The zero-order valence-corrected chi connectivity index (χ0v) is 21.7. The molecule has 1 aliphatic heterocycles. The fourth-order valence-corrected chi connectivity index (χ4v) is 4.61. The summed E-state index contributed by atoms with van der Waals surface area (Å²) >= 11 is 0. The van der Waals surface area contributed by atoms with E-state index in [4.69, 9.17) is 14.2 Å². The van der Waals surface area contributed by atoms with Crippen LogP contribution in [0, 0.1) is 5.92 Å². The van der Waals surface area contributed by atoms with Crippen LogP contribution in [0.25, 0.3) is 10.9 Å². The fraction of sp³-hybridized carbons (Fsp3) is 0.414. The average molecular weight is 522 g/mol. The molecule has 0 fully saturated rings. The molecule has 9 nitrogen and oxygen atoms in total. The molecule has 0 saturated carbocycles. The number of carbonyl (C=O) groups excluding carboxylic acids is 3. The molecule has 9 heteroatoms. The molecule has 2 N–H and O–H groups in total. The van der Waals surface area contributed by atoms with Crippen molar-refractivity contribution in [3.63, 3.8) is 0 Å². The van der Waals surface area contributed by atoms with Crippen LogP contribution < -0.4 is 15.4 Å². The molecule has 1 aliphatic rings. The smallest absolute Gasteiger partial charge is 0.306 e. The molecule has 0 aliphatic carbocycles. The predicted octanol–water partition coefficient (Wildman–Crippen LogP) is 2.85. The lowest BCUT2D eigenvalue weighted by Gasteiger charge is -2.22. The Bertz CT molecular complexity index is 1230. The third kappa shape index (κ3) is 7.35. The van der Waals surface area contributed by atoms with Crippen LogP contribution in [0.4, 0.5) is 0 Å². The number of hydrogen-bond acceptors (Lipinski definition) is 6. The molecule has 4 rings (SSSR count). The molecule has 1 aromatic heterocycles. The summed E-state index contributed by atoms with van der Waals surface area (Å²) in [5.41, 5.74) is 2.00.